The summed E-state index contributed by atoms with van der Waals surface area (Å²) in [6.07, 6.45) is 0.618. The average Bonchev–Trinajstić information content (AvgIpc) is 3.75. The van der Waals surface area contributed by atoms with Crippen molar-refractivity contribution in [3.05, 3.63) is 141 Å². The molecule has 2 atom stereocenters. The van der Waals surface area contributed by atoms with Crippen LogP contribution in [0.4, 0.5) is 0 Å². The molecule has 2 aliphatic rings. The topological polar surface area (TPSA) is 163 Å². The van der Waals surface area contributed by atoms with Gasteiger partial charge in [-0.25, -0.2) is 0 Å². The highest BCUT2D eigenvalue weighted by Crippen LogP contribution is 2.38. The largest absolute Gasteiger partial charge is 0.497 e. The van der Waals surface area contributed by atoms with Gasteiger partial charge in [0.25, 0.3) is 0 Å². The summed E-state index contributed by atoms with van der Waals surface area (Å²) < 4.78 is 15.7. The number of carbonyl (C=O) groups is 2. The predicted molar refractivity (Wildman–Crippen MR) is 229 cm³/mol. The lowest BCUT2D eigenvalue weighted by atomic mass is 9.97. The van der Waals surface area contributed by atoms with E-state index in [0.717, 1.165) is 33.6 Å². The summed E-state index contributed by atoms with van der Waals surface area (Å²) in [5.41, 5.74) is 6.24. The summed E-state index contributed by atoms with van der Waals surface area (Å²) in [6.45, 7) is 6.82. The van der Waals surface area contributed by atoms with Gasteiger partial charge >= 0.3 is 0 Å². The first-order valence-electron chi connectivity index (χ1n) is 19.6. The van der Waals surface area contributed by atoms with E-state index in [1.807, 2.05) is 115 Å². The van der Waals surface area contributed by atoms with Gasteiger partial charge in [-0.05, 0) is 93.4 Å². The van der Waals surface area contributed by atoms with Gasteiger partial charge in [0.15, 0.2) is 11.6 Å². The maximum Gasteiger partial charge on any atom is 0.226 e. The van der Waals surface area contributed by atoms with Gasteiger partial charge in [0, 0.05) is 39.8 Å². The van der Waals surface area contributed by atoms with E-state index in [2.05, 4.69) is 31.0 Å². The Morgan fingerprint density at radius 1 is 0.767 bits per heavy atom. The molecule has 306 valence electrons. The van der Waals surface area contributed by atoms with Crippen LogP contribution in [-0.4, -0.2) is 79.6 Å². The smallest absolute Gasteiger partial charge is 0.226 e. The number of hydrogen-bond acceptors (Lipinski definition) is 10. The number of halogens is 2. The van der Waals surface area contributed by atoms with Crippen LogP contribution in [0.5, 0.6) is 11.5 Å². The Balaban J connectivity index is 0.989. The number of carbonyl (C=O) groups excluding carboxylic acids is 2. The zero-order valence-corrected chi connectivity index (χ0v) is 35.0. The normalized spacial score (nSPS) is 15.2. The van der Waals surface area contributed by atoms with Gasteiger partial charge in [0.1, 0.15) is 35.2 Å². The maximum absolute atomic E-state index is 13.6. The molecular formula is C44H42Cl2N10O4. The van der Waals surface area contributed by atoms with Gasteiger partial charge < -0.3 is 20.1 Å². The molecule has 8 rings (SSSR count). The number of methoxy groups -OCH3 is 1. The Morgan fingerprint density at radius 2 is 1.47 bits per heavy atom. The molecule has 4 aromatic carbocycles. The van der Waals surface area contributed by atoms with Crippen LogP contribution >= 0.6 is 23.2 Å². The highest BCUT2D eigenvalue weighted by atomic mass is 35.5. The van der Waals surface area contributed by atoms with Crippen molar-refractivity contribution < 1.29 is 19.1 Å². The molecule has 0 fully saturated rings. The average molecular weight is 846 g/mol. The molecule has 14 nitrogen and oxygen atoms in total. The molecule has 0 bridgehead atoms. The van der Waals surface area contributed by atoms with Crippen molar-refractivity contribution >= 4 is 46.4 Å². The first-order valence-corrected chi connectivity index (χ1v) is 20.4. The second kappa shape index (κ2) is 17.5. The summed E-state index contributed by atoms with van der Waals surface area (Å²) >= 11 is 12.5. The van der Waals surface area contributed by atoms with Gasteiger partial charge in [-0.2, -0.15) is 0 Å². The predicted octanol–water partition coefficient (Wildman–Crippen LogP) is 7.07. The van der Waals surface area contributed by atoms with Gasteiger partial charge in [0.2, 0.25) is 11.8 Å². The van der Waals surface area contributed by atoms with Crippen molar-refractivity contribution in [1.82, 2.24) is 40.2 Å². The fourth-order valence-electron chi connectivity index (χ4n) is 7.52. The van der Waals surface area contributed by atoms with E-state index in [4.69, 9.17) is 42.7 Å². The Bertz CT molecular complexity index is 2640. The molecule has 2 aromatic heterocycles. The standard InChI is InChI=1S/C44H42Cl2N10O4/c1-5-47-39(57)23-35-43-53-52-26(3)56(43)38-18-16-32(22-34(38)42(49-35)28-9-13-30(46)14-10-28)60-20-6-19-48-40(58)24-36-44-54-51-25(2)55(44)37-17-15-31(59-4)21-33(37)41(50-36)27-7-11-29(45)12-8-27/h7-18,21-22,35,41H,5-6,19-20,23-24H2,1-4H3,(H,47,57)(H,48,58)/t35-,41?/m1/s1. The second-order valence-electron chi connectivity index (χ2n) is 14.4. The van der Waals surface area contributed by atoms with E-state index in [0.29, 0.717) is 82.4 Å². The summed E-state index contributed by atoms with van der Waals surface area (Å²) in [7, 11) is 1.62. The molecule has 0 saturated carbocycles. The number of benzene rings is 4. The van der Waals surface area contributed by atoms with Crippen LogP contribution in [0.15, 0.2) is 94.9 Å². The molecule has 0 spiro atoms. The summed E-state index contributed by atoms with van der Waals surface area (Å²) in [6, 6.07) is 25.5. The number of aryl methyl sites for hydroxylation is 2. The molecule has 0 radical (unpaired) electrons. The van der Waals surface area contributed by atoms with Gasteiger partial charge in [0.05, 0.1) is 49.4 Å². The third-order valence-electron chi connectivity index (χ3n) is 10.3. The molecule has 2 amide bonds. The van der Waals surface area contributed by atoms with Crippen LogP contribution in [0, 0.1) is 13.8 Å². The fraction of sp³-hybridized carbons (Fsp3) is 0.273. The number of aromatic nitrogens is 6. The van der Waals surface area contributed by atoms with E-state index >= 15 is 0 Å². The molecule has 0 saturated heterocycles. The van der Waals surface area contributed by atoms with Crippen molar-refractivity contribution in [1.29, 1.82) is 0 Å². The third-order valence-corrected chi connectivity index (χ3v) is 10.8. The Morgan fingerprint density at radius 3 is 2.22 bits per heavy atom. The lowest BCUT2D eigenvalue weighted by molar-refractivity contribution is -0.121. The van der Waals surface area contributed by atoms with Crippen molar-refractivity contribution in [2.75, 3.05) is 26.8 Å². The van der Waals surface area contributed by atoms with Gasteiger partial charge in [-0.3, -0.25) is 28.7 Å². The Hall–Kier alpha value is -6.38. The summed E-state index contributed by atoms with van der Waals surface area (Å²) in [4.78, 5) is 36.7. The van der Waals surface area contributed by atoms with Crippen LogP contribution in [0.3, 0.4) is 0 Å². The summed E-state index contributed by atoms with van der Waals surface area (Å²) in [5, 5.41) is 24.8. The molecule has 2 N–H and O–H groups in total. The number of rotatable bonds is 13. The first-order chi connectivity index (χ1) is 29.1. The van der Waals surface area contributed by atoms with Crippen LogP contribution in [0.1, 0.15) is 83.8 Å². The SMILES string of the molecule is CCNC(=O)C[C@H]1N=C(c2ccc(Cl)cc2)c2cc(OCCCNC(=O)CC3=NC(c4ccc(Cl)cc4)c4cc(OC)ccc4-n4c(C)nnc43)ccc2-n2c(C)nnc21. The molecule has 16 heteroatoms. The number of amides is 2. The number of nitrogens with zero attached hydrogens (tertiary/aromatic N) is 8. The van der Waals surface area contributed by atoms with Crippen molar-refractivity contribution in [2.45, 2.75) is 52.1 Å². The number of hydrogen-bond donors (Lipinski definition) is 2. The number of nitrogens with one attached hydrogen (secondary N) is 2. The van der Waals surface area contributed by atoms with E-state index < -0.39 is 12.1 Å². The zero-order valence-electron chi connectivity index (χ0n) is 33.4. The van der Waals surface area contributed by atoms with Crippen molar-refractivity contribution in [3.63, 3.8) is 0 Å². The van der Waals surface area contributed by atoms with Gasteiger partial charge in [-0.1, -0.05) is 47.5 Å². The van der Waals surface area contributed by atoms with Crippen LogP contribution in [0.2, 0.25) is 10.0 Å². The summed E-state index contributed by atoms with van der Waals surface area (Å²) in [5.74, 6) is 3.36. The number of fused-ring (bicyclic) bond motifs is 6. The minimum atomic E-state index is -0.588. The lowest BCUT2D eigenvalue weighted by Crippen LogP contribution is -2.28. The number of ether oxygens (including phenoxy) is 2. The van der Waals surface area contributed by atoms with Crippen molar-refractivity contribution in [3.8, 4) is 22.9 Å². The van der Waals surface area contributed by atoms with Crippen molar-refractivity contribution in [2.24, 2.45) is 9.98 Å². The Kier molecular flexibility index (Phi) is 11.8. The van der Waals surface area contributed by atoms with E-state index in [1.165, 1.54) is 0 Å². The first kappa shape index (κ1) is 40.4. The zero-order chi connectivity index (χ0) is 41.9. The molecular weight excluding hydrogens is 803 g/mol. The van der Waals surface area contributed by atoms with E-state index in [-0.39, 0.29) is 24.7 Å². The minimum absolute atomic E-state index is 0.0164. The quantitative estimate of drug-likeness (QED) is 0.117. The maximum atomic E-state index is 13.6. The minimum Gasteiger partial charge on any atom is -0.497 e. The van der Waals surface area contributed by atoms with Gasteiger partial charge in [-0.15, -0.1) is 20.4 Å². The lowest BCUT2D eigenvalue weighted by Gasteiger charge is -2.18. The Labute approximate surface area is 356 Å². The van der Waals surface area contributed by atoms with Crippen LogP contribution in [-0.2, 0) is 9.59 Å². The fourth-order valence-corrected chi connectivity index (χ4v) is 7.77. The molecule has 1 unspecified atom stereocenters. The second-order valence-corrected chi connectivity index (χ2v) is 15.2. The van der Waals surface area contributed by atoms with Crippen LogP contribution < -0.4 is 20.1 Å². The molecule has 60 heavy (non-hydrogen) atoms. The number of aliphatic imine (C=N–C) groups is 2. The highest BCUT2D eigenvalue weighted by Gasteiger charge is 2.31. The highest BCUT2D eigenvalue weighted by molar-refractivity contribution is 6.31. The van der Waals surface area contributed by atoms with E-state index in [9.17, 15) is 9.59 Å². The van der Waals surface area contributed by atoms with E-state index in [1.54, 1.807) is 7.11 Å². The molecule has 2 aliphatic heterocycles. The van der Waals surface area contributed by atoms with Crippen LogP contribution in [0.25, 0.3) is 11.4 Å². The third kappa shape index (κ3) is 8.25. The molecule has 6 aromatic rings. The monoisotopic (exact) mass is 844 g/mol. The molecule has 4 heterocycles. The molecule has 0 aliphatic carbocycles.